The molecule has 4 aliphatic rings. The van der Waals surface area contributed by atoms with Gasteiger partial charge in [0.25, 0.3) is 0 Å². The van der Waals surface area contributed by atoms with Crippen LogP contribution in [0.25, 0.3) is 10.4 Å². The van der Waals surface area contributed by atoms with Crippen LogP contribution in [0.15, 0.2) is 16.8 Å². The van der Waals surface area contributed by atoms with Crippen molar-refractivity contribution in [1.29, 1.82) is 0 Å². The zero-order valence-electron chi connectivity index (χ0n) is 14.7. The van der Waals surface area contributed by atoms with E-state index in [1.807, 2.05) is 0 Å². The molecule has 130 valence electrons. The summed E-state index contributed by atoms with van der Waals surface area (Å²) < 4.78 is 0. The average Bonchev–Trinajstić information content (AvgIpc) is 2.80. The van der Waals surface area contributed by atoms with Crippen LogP contribution in [-0.4, -0.2) is 16.6 Å². The van der Waals surface area contributed by atoms with Crippen LogP contribution in [-0.2, 0) is 4.79 Å². The highest BCUT2D eigenvalue weighted by atomic mass is 16.3. The minimum absolute atomic E-state index is 0.150. The quantitative estimate of drug-likeness (QED) is 0.332. The van der Waals surface area contributed by atoms with Crippen molar-refractivity contribution in [3.05, 3.63) is 22.1 Å². The molecule has 6 atom stereocenters. The first-order valence-corrected chi connectivity index (χ1v) is 9.34. The second-order valence-corrected chi connectivity index (χ2v) is 8.98. The monoisotopic (exact) mass is 329 g/mol. The Balaban J connectivity index is 1.70. The third kappa shape index (κ3) is 1.91. The Morgan fingerprint density at radius 3 is 2.75 bits per heavy atom. The summed E-state index contributed by atoms with van der Waals surface area (Å²) in [4.78, 5) is 14.8. The molecule has 4 aliphatic carbocycles. The molecule has 3 saturated carbocycles. The number of azide groups is 1. The van der Waals surface area contributed by atoms with E-state index in [1.165, 1.54) is 5.57 Å². The van der Waals surface area contributed by atoms with Gasteiger partial charge in [0, 0.05) is 23.2 Å². The van der Waals surface area contributed by atoms with E-state index in [4.69, 9.17) is 5.53 Å². The summed E-state index contributed by atoms with van der Waals surface area (Å²) in [6, 6.07) is 0. The number of carbonyl (C=O) groups is 1. The topological polar surface area (TPSA) is 86.1 Å². The van der Waals surface area contributed by atoms with Crippen molar-refractivity contribution in [1.82, 2.24) is 0 Å². The van der Waals surface area contributed by atoms with Crippen LogP contribution in [0.3, 0.4) is 0 Å². The van der Waals surface area contributed by atoms with E-state index < -0.39 is 5.72 Å². The number of allylic oxidation sites excluding steroid dienone is 2. The molecular weight excluding hydrogens is 302 g/mol. The third-order valence-electron chi connectivity index (χ3n) is 8.25. The molecule has 0 heterocycles. The molecule has 2 unspecified atom stereocenters. The molecule has 4 rings (SSSR count). The Bertz CT molecular complexity index is 668. The van der Waals surface area contributed by atoms with Gasteiger partial charge in [0.2, 0.25) is 0 Å². The van der Waals surface area contributed by atoms with E-state index in [1.54, 1.807) is 0 Å². The van der Waals surface area contributed by atoms with Gasteiger partial charge in [-0.05, 0) is 67.2 Å². The first kappa shape index (κ1) is 16.2. The summed E-state index contributed by atoms with van der Waals surface area (Å²) in [7, 11) is 0. The van der Waals surface area contributed by atoms with Gasteiger partial charge in [-0.15, -0.1) is 0 Å². The van der Waals surface area contributed by atoms with E-state index in [0.717, 1.165) is 32.1 Å². The Hall–Kier alpha value is -1.32. The van der Waals surface area contributed by atoms with Crippen LogP contribution in [0.4, 0.5) is 0 Å². The molecule has 0 amide bonds. The van der Waals surface area contributed by atoms with Crippen LogP contribution in [0, 0.1) is 28.6 Å². The molecule has 5 nitrogen and oxygen atoms in total. The molecule has 0 aromatic rings. The number of Topliss-reactive ketones (excluding diaryl/α,β-unsaturated/α-hetero) is 1. The van der Waals surface area contributed by atoms with Gasteiger partial charge in [-0.1, -0.05) is 30.6 Å². The molecule has 0 saturated heterocycles. The largest absolute Gasteiger partial charge is 0.383 e. The Morgan fingerprint density at radius 1 is 1.25 bits per heavy atom. The van der Waals surface area contributed by atoms with Crippen molar-refractivity contribution in [2.24, 2.45) is 33.7 Å². The lowest BCUT2D eigenvalue weighted by molar-refractivity contribution is -0.128. The first-order valence-electron chi connectivity index (χ1n) is 9.34. The lowest BCUT2D eigenvalue weighted by Crippen LogP contribution is -2.53. The molecule has 24 heavy (non-hydrogen) atoms. The standard InChI is InChI=1S/C19H27N3O2/c1-17-8-5-13(23)11-12(17)3-4-14-15(17)6-9-18(2)16(14)7-10-19(18,24)21-22-20/h3,14-16,24H,4-11H2,1-2H3/t14?,15-,16-,17+,18+,19?/m1/s1. The maximum atomic E-state index is 11.9. The number of ketones is 1. The summed E-state index contributed by atoms with van der Waals surface area (Å²) in [5.74, 6) is 1.92. The number of hydrogen-bond acceptors (Lipinski definition) is 3. The molecule has 0 aromatic carbocycles. The number of aliphatic hydroxyl groups is 1. The number of fused-ring (bicyclic) bond motifs is 5. The Kier molecular flexibility index (Phi) is 3.43. The molecule has 0 aromatic heterocycles. The predicted molar refractivity (Wildman–Crippen MR) is 90.8 cm³/mol. The molecule has 3 fully saturated rings. The van der Waals surface area contributed by atoms with Gasteiger partial charge in [-0.25, -0.2) is 0 Å². The van der Waals surface area contributed by atoms with Gasteiger partial charge in [0.15, 0.2) is 0 Å². The Morgan fingerprint density at radius 2 is 2.00 bits per heavy atom. The average molecular weight is 329 g/mol. The van der Waals surface area contributed by atoms with Gasteiger partial charge in [-0.2, -0.15) is 0 Å². The van der Waals surface area contributed by atoms with E-state index in [2.05, 4.69) is 29.9 Å². The normalized spacial score (nSPS) is 50.2. The summed E-state index contributed by atoms with van der Waals surface area (Å²) in [6.07, 6.45) is 9.14. The summed E-state index contributed by atoms with van der Waals surface area (Å²) in [5.41, 5.74) is 8.88. The number of hydrogen-bond donors (Lipinski definition) is 1. The van der Waals surface area contributed by atoms with Crippen molar-refractivity contribution >= 4 is 5.78 Å². The van der Waals surface area contributed by atoms with Gasteiger partial charge in [-0.3, -0.25) is 4.79 Å². The highest BCUT2D eigenvalue weighted by molar-refractivity contribution is 5.82. The van der Waals surface area contributed by atoms with E-state index >= 15 is 0 Å². The lowest BCUT2D eigenvalue weighted by atomic mass is 9.47. The molecule has 0 spiro atoms. The zero-order chi connectivity index (χ0) is 17.2. The molecular formula is C19H27N3O2. The van der Waals surface area contributed by atoms with Crippen molar-refractivity contribution < 1.29 is 9.90 Å². The van der Waals surface area contributed by atoms with Crippen LogP contribution >= 0.6 is 0 Å². The molecule has 0 aliphatic heterocycles. The van der Waals surface area contributed by atoms with Crippen molar-refractivity contribution in [3.63, 3.8) is 0 Å². The van der Waals surface area contributed by atoms with Gasteiger partial charge in [0.05, 0.1) is 0 Å². The van der Waals surface area contributed by atoms with Crippen LogP contribution in [0.5, 0.6) is 0 Å². The van der Waals surface area contributed by atoms with Gasteiger partial charge >= 0.3 is 0 Å². The fourth-order valence-corrected chi connectivity index (χ4v) is 6.71. The van der Waals surface area contributed by atoms with Crippen molar-refractivity contribution in [2.45, 2.75) is 70.9 Å². The smallest absolute Gasteiger partial charge is 0.149 e. The first-order chi connectivity index (χ1) is 11.3. The minimum Gasteiger partial charge on any atom is -0.383 e. The van der Waals surface area contributed by atoms with E-state index in [9.17, 15) is 9.90 Å². The van der Waals surface area contributed by atoms with Crippen LogP contribution in [0.1, 0.15) is 65.2 Å². The van der Waals surface area contributed by atoms with Crippen molar-refractivity contribution in [2.75, 3.05) is 0 Å². The summed E-state index contributed by atoms with van der Waals surface area (Å²) in [5, 5.41) is 14.8. The lowest BCUT2D eigenvalue weighted by Gasteiger charge is -2.58. The summed E-state index contributed by atoms with van der Waals surface area (Å²) >= 11 is 0. The molecule has 5 heteroatoms. The highest BCUT2D eigenvalue weighted by Crippen LogP contribution is 2.67. The number of carbonyl (C=O) groups excluding carboxylic acids is 1. The third-order valence-corrected chi connectivity index (χ3v) is 8.25. The van der Waals surface area contributed by atoms with Crippen LogP contribution in [0.2, 0.25) is 0 Å². The number of nitrogens with zero attached hydrogens (tertiary/aromatic N) is 3. The van der Waals surface area contributed by atoms with E-state index in [0.29, 0.717) is 42.8 Å². The van der Waals surface area contributed by atoms with Gasteiger partial charge < -0.3 is 5.11 Å². The second-order valence-electron chi connectivity index (χ2n) is 8.98. The predicted octanol–water partition coefficient (Wildman–Crippen LogP) is 4.52. The molecule has 0 radical (unpaired) electrons. The Labute approximate surface area is 143 Å². The summed E-state index contributed by atoms with van der Waals surface area (Å²) in [6.45, 7) is 4.49. The zero-order valence-corrected chi connectivity index (χ0v) is 14.7. The van der Waals surface area contributed by atoms with E-state index in [-0.39, 0.29) is 10.8 Å². The highest BCUT2D eigenvalue weighted by Gasteiger charge is 2.63. The van der Waals surface area contributed by atoms with Crippen LogP contribution < -0.4 is 0 Å². The van der Waals surface area contributed by atoms with Gasteiger partial charge in [0.1, 0.15) is 11.5 Å². The fourth-order valence-electron chi connectivity index (χ4n) is 6.71. The minimum atomic E-state index is -1.23. The SMILES string of the molecule is C[C@]12CCC(=O)CC1=CCC1[C@H]2CC[C@@]2(C)[C@@H]1CCC2(O)N=[N+]=[N-]. The maximum absolute atomic E-state index is 11.9. The molecule has 1 N–H and O–H groups in total. The fraction of sp³-hybridized carbons (Fsp3) is 0.842. The second kappa shape index (κ2) is 5.09. The van der Waals surface area contributed by atoms with Crippen molar-refractivity contribution in [3.8, 4) is 0 Å². The maximum Gasteiger partial charge on any atom is 0.149 e. The number of rotatable bonds is 1. The molecule has 0 bridgehead atoms.